The van der Waals surface area contributed by atoms with E-state index in [2.05, 4.69) is 4.74 Å². The molecule has 1 heterocycles. The van der Waals surface area contributed by atoms with Gasteiger partial charge in [0.2, 0.25) is 0 Å². The van der Waals surface area contributed by atoms with Gasteiger partial charge in [0, 0.05) is 5.41 Å². The van der Waals surface area contributed by atoms with E-state index in [9.17, 15) is 4.79 Å². The largest absolute Gasteiger partial charge is 0.469 e. The van der Waals surface area contributed by atoms with E-state index in [0.717, 1.165) is 0 Å². The zero-order valence-electron chi connectivity index (χ0n) is 8.33. The minimum absolute atomic E-state index is 0.232. The predicted molar refractivity (Wildman–Crippen MR) is 46.1 cm³/mol. The summed E-state index contributed by atoms with van der Waals surface area (Å²) in [4.78, 5) is 11.1. The van der Waals surface area contributed by atoms with Gasteiger partial charge in [0.25, 0.3) is 0 Å². The Morgan fingerprint density at radius 3 is 2.46 bits per heavy atom. The monoisotopic (exact) mass is 188 g/mol. The summed E-state index contributed by atoms with van der Waals surface area (Å²) in [5.41, 5.74) is -0.316. The molecular formula is C9H16O4. The summed E-state index contributed by atoms with van der Waals surface area (Å²) >= 11 is 0. The first-order valence-electron chi connectivity index (χ1n) is 4.36. The second kappa shape index (κ2) is 4.07. The standard InChI is InChI=1S/C9H16O4/c1-9(2,6-7(10)11-3)8-12-4-5-13-8/h8H,4-6H2,1-3H3. The molecule has 0 aliphatic carbocycles. The van der Waals surface area contributed by atoms with Crippen LogP contribution in [0.5, 0.6) is 0 Å². The molecule has 1 rings (SSSR count). The molecule has 1 saturated heterocycles. The lowest BCUT2D eigenvalue weighted by Gasteiger charge is -2.28. The first-order chi connectivity index (χ1) is 6.06. The van der Waals surface area contributed by atoms with Crippen LogP contribution in [0.3, 0.4) is 0 Å². The summed E-state index contributed by atoms with van der Waals surface area (Å²) in [5, 5.41) is 0. The Balaban J connectivity index is 2.48. The van der Waals surface area contributed by atoms with Gasteiger partial charge < -0.3 is 14.2 Å². The molecule has 0 radical (unpaired) electrons. The quantitative estimate of drug-likeness (QED) is 0.618. The molecule has 0 unspecified atom stereocenters. The topological polar surface area (TPSA) is 44.8 Å². The molecule has 1 aliphatic heterocycles. The van der Waals surface area contributed by atoms with Crippen molar-refractivity contribution in [3.63, 3.8) is 0 Å². The number of hydrogen-bond donors (Lipinski definition) is 0. The van der Waals surface area contributed by atoms with Crippen LogP contribution in [0.15, 0.2) is 0 Å². The lowest BCUT2D eigenvalue weighted by molar-refractivity contribution is -0.156. The molecule has 0 bridgehead atoms. The van der Waals surface area contributed by atoms with Gasteiger partial charge in [0.1, 0.15) is 0 Å². The van der Waals surface area contributed by atoms with E-state index in [1.54, 1.807) is 0 Å². The predicted octanol–water partition coefficient (Wildman–Crippen LogP) is 0.949. The van der Waals surface area contributed by atoms with Crippen LogP contribution in [0, 0.1) is 5.41 Å². The molecule has 13 heavy (non-hydrogen) atoms. The van der Waals surface area contributed by atoms with Crippen molar-refractivity contribution in [2.75, 3.05) is 20.3 Å². The van der Waals surface area contributed by atoms with Crippen LogP contribution >= 0.6 is 0 Å². The molecular weight excluding hydrogens is 172 g/mol. The third-order valence-corrected chi connectivity index (χ3v) is 2.09. The van der Waals surface area contributed by atoms with E-state index in [1.807, 2.05) is 13.8 Å². The lowest BCUT2D eigenvalue weighted by Crippen LogP contribution is -2.32. The molecule has 0 aromatic heterocycles. The van der Waals surface area contributed by atoms with Gasteiger partial charge in [-0.25, -0.2) is 0 Å². The fraction of sp³-hybridized carbons (Fsp3) is 0.889. The van der Waals surface area contributed by atoms with Gasteiger partial charge in [-0.2, -0.15) is 0 Å². The van der Waals surface area contributed by atoms with Crippen LogP contribution in [-0.2, 0) is 19.0 Å². The maximum atomic E-state index is 11.1. The first-order valence-corrected chi connectivity index (χ1v) is 4.36. The Labute approximate surface area is 78.2 Å². The van der Waals surface area contributed by atoms with Crippen molar-refractivity contribution in [1.29, 1.82) is 0 Å². The highest BCUT2D eigenvalue weighted by molar-refractivity contribution is 5.70. The van der Waals surface area contributed by atoms with Crippen molar-refractivity contribution < 1.29 is 19.0 Å². The Kier molecular flexibility index (Phi) is 3.27. The molecule has 1 fully saturated rings. The number of hydrogen-bond acceptors (Lipinski definition) is 4. The molecule has 0 N–H and O–H groups in total. The second-order valence-corrected chi connectivity index (χ2v) is 3.81. The van der Waals surface area contributed by atoms with E-state index in [4.69, 9.17) is 9.47 Å². The van der Waals surface area contributed by atoms with Crippen LogP contribution in [0.25, 0.3) is 0 Å². The van der Waals surface area contributed by atoms with E-state index >= 15 is 0 Å². The highest BCUT2D eigenvalue weighted by Crippen LogP contribution is 2.31. The molecule has 0 spiro atoms. The summed E-state index contributed by atoms with van der Waals surface area (Å²) in [6.07, 6.45) is 0.0281. The summed E-state index contributed by atoms with van der Waals surface area (Å²) in [6, 6.07) is 0. The normalized spacial score (nSPS) is 19.0. The zero-order chi connectivity index (χ0) is 9.90. The minimum atomic E-state index is -0.316. The van der Waals surface area contributed by atoms with Crippen molar-refractivity contribution in [2.24, 2.45) is 5.41 Å². The molecule has 4 nitrogen and oxygen atoms in total. The van der Waals surface area contributed by atoms with Crippen molar-refractivity contribution in [3.8, 4) is 0 Å². The molecule has 1 aliphatic rings. The summed E-state index contributed by atoms with van der Waals surface area (Å²) < 4.78 is 15.3. The van der Waals surface area contributed by atoms with Crippen molar-refractivity contribution in [1.82, 2.24) is 0 Å². The highest BCUT2D eigenvalue weighted by atomic mass is 16.7. The van der Waals surface area contributed by atoms with Gasteiger partial charge in [0.05, 0.1) is 26.7 Å². The molecule has 76 valence electrons. The fourth-order valence-electron chi connectivity index (χ4n) is 1.34. The van der Waals surface area contributed by atoms with Crippen LogP contribution in [0.2, 0.25) is 0 Å². The van der Waals surface area contributed by atoms with Gasteiger partial charge in [-0.05, 0) is 0 Å². The SMILES string of the molecule is COC(=O)CC(C)(C)C1OCCO1. The van der Waals surface area contributed by atoms with E-state index in [0.29, 0.717) is 19.6 Å². The van der Waals surface area contributed by atoms with Crippen molar-refractivity contribution in [2.45, 2.75) is 26.6 Å². The molecule has 0 aromatic carbocycles. The number of carbonyl (C=O) groups is 1. The molecule has 4 heteroatoms. The Morgan fingerprint density at radius 1 is 1.46 bits per heavy atom. The maximum Gasteiger partial charge on any atom is 0.306 e. The van der Waals surface area contributed by atoms with Crippen LogP contribution in [-0.4, -0.2) is 32.6 Å². The third kappa shape index (κ3) is 2.67. The first kappa shape index (κ1) is 10.5. The van der Waals surface area contributed by atoms with Crippen LogP contribution in [0.1, 0.15) is 20.3 Å². The van der Waals surface area contributed by atoms with Crippen molar-refractivity contribution >= 4 is 5.97 Å². The van der Waals surface area contributed by atoms with Gasteiger partial charge in [-0.3, -0.25) is 4.79 Å². The van der Waals surface area contributed by atoms with Gasteiger partial charge in [0.15, 0.2) is 6.29 Å². The number of rotatable bonds is 3. The number of esters is 1. The van der Waals surface area contributed by atoms with Crippen LogP contribution < -0.4 is 0 Å². The maximum absolute atomic E-state index is 11.1. The fourth-order valence-corrected chi connectivity index (χ4v) is 1.34. The van der Waals surface area contributed by atoms with Crippen LogP contribution in [0.4, 0.5) is 0 Å². The molecule has 0 aromatic rings. The van der Waals surface area contributed by atoms with E-state index in [-0.39, 0.29) is 17.7 Å². The van der Waals surface area contributed by atoms with Gasteiger partial charge >= 0.3 is 5.97 Å². The molecule has 0 atom stereocenters. The lowest BCUT2D eigenvalue weighted by atomic mass is 9.88. The van der Waals surface area contributed by atoms with Crippen molar-refractivity contribution in [3.05, 3.63) is 0 Å². The summed E-state index contributed by atoms with van der Waals surface area (Å²) in [7, 11) is 1.38. The smallest absolute Gasteiger partial charge is 0.306 e. The average Bonchev–Trinajstić information content (AvgIpc) is 2.55. The summed E-state index contributed by atoms with van der Waals surface area (Å²) in [5.74, 6) is -0.232. The van der Waals surface area contributed by atoms with Gasteiger partial charge in [-0.1, -0.05) is 13.8 Å². The van der Waals surface area contributed by atoms with E-state index < -0.39 is 0 Å². The Morgan fingerprint density at radius 2 is 2.00 bits per heavy atom. The summed E-state index contributed by atoms with van der Waals surface area (Å²) in [6.45, 7) is 5.07. The minimum Gasteiger partial charge on any atom is -0.469 e. The van der Waals surface area contributed by atoms with E-state index in [1.165, 1.54) is 7.11 Å². The number of carbonyl (C=O) groups excluding carboxylic acids is 1. The molecule has 0 saturated carbocycles. The molecule has 0 amide bonds. The zero-order valence-corrected chi connectivity index (χ0v) is 8.33. The Hall–Kier alpha value is -0.610. The highest BCUT2D eigenvalue weighted by Gasteiger charge is 2.36. The number of methoxy groups -OCH3 is 1. The average molecular weight is 188 g/mol. The van der Waals surface area contributed by atoms with Gasteiger partial charge in [-0.15, -0.1) is 0 Å². The Bertz CT molecular complexity index is 182. The second-order valence-electron chi connectivity index (χ2n) is 3.81. The third-order valence-electron chi connectivity index (χ3n) is 2.09. The number of ether oxygens (including phenoxy) is 3.